The van der Waals surface area contributed by atoms with Crippen LogP contribution in [-0.4, -0.2) is 23.8 Å². The van der Waals surface area contributed by atoms with Crippen LogP contribution in [0.1, 0.15) is 48.9 Å². The van der Waals surface area contributed by atoms with Gasteiger partial charge in [0, 0.05) is 5.71 Å². The van der Waals surface area contributed by atoms with Gasteiger partial charge in [-0.25, -0.2) is 5.43 Å². The van der Waals surface area contributed by atoms with Crippen LogP contribution < -0.4 is 10.2 Å². The number of ether oxygens (including phenoxy) is 1. The summed E-state index contributed by atoms with van der Waals surface area (Å²) in [5.41, 5.74) is 3.72. The summed E-state index contributed by atoms with van der Waals surface area (Å²) < 4.78 is 4.98. The number of nitrogens with one attached hydrogen (secondary N) is 1. The van der Waals surface area contributed by atoms with E-state index in [4.69, 9.17) is 4.74 Å². The van der Waals surface area contributed by atoms with Gasteiger partial charge < -0.3 is 9.84 Å². The molecule has 20 heavy (non-hydrogen) atoms. The third kappa shape index (κ3) is 3.50. The van der Waals surface area contributed by atoms with Crippen molar-refractivity contribution in [3.63, 3.8) is 0 Å². The Hall–Kier alpha value is -2.04. The van der Waals surface area contributed by atoms with Crippen LogP contribution in [0.25, 0.3) is 0 Å². The van der Waals surface area contributed by atoms with E-state index in [1.807, 2.05) is 0 Å². The number of nitrogens with zero attached hydrogens (tertiary/aromatic N) is 1. The highest BCUT2D eigenvalue weighted by Crippen LogP contribution is 2.29. The number of carbonyl (C=O) groups excluding carboxylic acids is 1. The molecule has 2 N–H and O–H groups in total. The highest BCUT2D eigenvalue weighted by Gasteiger charge is 2.14. The van der Waals surface area contributed by atoms with Gasteiger partial charge in [0.25, 0.3) is 5.91 Å². The van der Waals surface area contributed by atoms with Crippen LogP contribution in [0.5, 0.6) is 11.5 Å². The Morgan fingerprint density at radius 3 is 2.60 bits per heavy atom. The van der Waals surface area contributed by atoms with Crippen LogP contribution in [0.2, 0.25) is 0 Å². The molecule has 1 aliphatic rings. The number of para-hydroxylation sites is 1. The lowest BCUT2D eigenvalue weighted by Gasteiger charge is -2.08. The molecule has 0 bridgehead atoms. The van der Waals surface area contributed by atoms with Gasteiger partial charge in [0.2, 0.25) is 0 Å². The van der Waals surface area contributed by atoms with Gasteiger partial charge in [0.15, 0.2) is 11.5 Å². The van der Waals surface area contributed by atoms with E-state index in [1.165, 1.54) is 20.0 Å². The van der Waals surface area contributed by atoms with Crippen molar-refractivity contribution < 1.29 is 14.6 Å². The Balaban J connectivity index is 2.06. The molecule has 108 valence electrons. The third-order valence-corrected chi connectivity index (χ3v) is 3.46. The van der Waals surface area contributed by atoms with Crippen molar-refractivity contribution >= 4 is 11.6 Å². The van der Waals surface area contributed by atoms with E-state index in [-0.39, 0.29) is 17.1 Å². The molecule has 0 radical (unpaired) electrons. The molecule has 0 unspecified atom stereocenters. The second-order valence-corrected chi connectivity index (χ2v) is 4.89. The van der Waals surface area contributed by atoms with Crippen molar-refractivity contribution in [3.05, 3.63) is 23.8 Å². The van der Waals surface area contributed by atoms with Gasteiger partial charge in [0.1, 0.15) is 0 Å². The molecule has 1 saturated carbocycles. The second-order valence-electron chi connectivity index (χ2n) is 4.89. The number of hydrazone groups is 1. The standard InChI is InChI=1S/C15H20N2O3/c1-20-13-10-6-9-12(14(13)18)15(19)17-16-11-7-4-2-3-5-8-11/h6,9-10,18H,2-5,7-8H2,1H3,(H,17,19). The Kier molecular flexibility index (Phi) is 4.98. The molecule has 2 rings (SSSR count). The first-order chi connectivity index (χ1) is 9.72. The van der Waals surface area contributed by atoms with Crippen molar-refractivity contribution in [2.45, 2.75) is 38.5 Å². The molecule has 1 fully saturated rings. The first kappa shape index (κ1) is 14.4. The molecule has 5 heteroatoms. The van der Waals surface area contributed by atoms with E-state index in [0.29, 0.717) is 0 Å². The van der Waals surface area contributed by atoms with E-state index < -0.39 is 5.91 Å². The van der Waals surface area contributed by atoms with Crippen LogP contribution in [-0.2, 0) is 0 Å². The highest BCUT2D eigenvalue weighted by atomic mass is 16.5. The molecule has 5 nitrogen and oxygen atoms in total. The van der Waals surface area contributed by atoms with Gasteiger partial charge >= 0.3 is 0 Å². The smallest absolute Gasteiger partial charge is 0.275 e. The summed E-state index contributed by atoms with van der Waals surface area (Å²) in [6.07, 6.45) is 6.57. The van der Waals surface area contributed by atoms with Crippen molar-refractivity contribution in [2.75, 3.05) is 7.11 Å². The van der Waals surface area contributed by atoms with Crippen molar-refractivity contribution in [1.82, 2.24) is 5.43 Å². The molecule has 1 aromatic rings. The van der Waals surface area contributed by atoms with E-state index >= 15 is 0 Å². The molecule has 1 amide bonds. The maximum atomic E-state index is 12.0. The van der Waals surface area contributed by atoms with Crippen LogP contribution in [0.3, 0.4) is 0 Å². The molecule has 0 saturated heterocycles. The number of hydrogen-bond donors (Lipinski definition) is 2. The molecule has 0 atom stereocenters. The first-order valence-corrected chi connectivity index (χ1v) is 6.94. The Morgan fingerprint density at radius 1 is 1.25 bits per heavy atom. The number of hydrogen-bond acceptors (Lipinski definition) is 4. The fraction of sp³-hybridized carbons (Fsp3) is 0.467. The van der Waals surface area contributed by atoms with Crippen molar-refractivity contribution in [3.8, 4) is 11.5 Å². The number of phenols is 1. The Bertz CT molecular complexity index is 502. The summed E-state index contributed by atoms with van der Waals surface area (Å²) in [6.45, 7) is 0. The minimum absolute atomic E-state index is 0.159. The van der Waals surface area contributed by atoms with Crippen LogP contribution in [0.4, 0.5) is 0 Å². The summed E-state index contributed by atoms with van der Waals surface area (Å²) in [5.74, 6) is -0.300. The fourth-order valence-corrected chi connectivity index (χ4v) is 2.31. The molecule has 0 spiro atoms. The minimum atomic E-state index is -0.418. The van der Waals surface area contributed by atoms with E-state index in [2.05, 4.69) is 10.5 Å². The zero-order chi connectivity index (χ0) is 14.4. The number of methoxy groups -OCH3 is 1. The topological polar surface area (TPSA) is 70.9 Å². The predicted molar refractivity (Wildman–Crippen MR) is 77.3 cm³/mol. The zero-order valence-electron chi connectivity index (χ0n) is 11.7. The molecular formula is C15H20N2O3. The average molecular weight is 276 g/mol. The van der Waals surface area contributed by atoms with Crippen molar-refractivity contribution in [1.29, 1.82) is 0 Å². The summed E-state index contributed by atoms with van der Waals surface area (Å²) in [5, 5.41) is 14.1. The van der Waals surface area contributed by atoms with E-state index in [9.17, 15) is 9.90 Å². The summed E-state index contributed by atoms with van der Waals surface area (Å²) in [4.78, 5) is 12.0. The predicted octanol–water partition coefficient (Wildman–Crippen LogP) is 2.84. The number of rotatable bonds is 3. The van der Waals surface area contributed by atoms with Crippen LogP contribution >= 0.6 is 0 Å². The lowest BCUT2D eigenvalue weighted by molar-refractivity contribution is 0.0951. The average Bonchev–Trinajstić information content (AvgIpc) is 2.73. The van der Waals surface area contributed by atoms with Gasteiger partial charge in [-0.2, -0.15) is 5.10 Å². The molecule has 0 aromatic heterocycles. The molecule has 1 aliphatic carbocycles. The minimum Gasteiger partial charge on any atom is -0.504 e. The van der Waals surface area contributed by atoms with Gasteiger partial charge in [0.05, 0.1) is 12.7 Å². The second kappa shape index (κ2) is 6.93. The molecule has 0 aliphatic heterocycles. The maximum absolute atomic E-state index is 12.0. The maximum Gasteiger partial charge on any atom is 0.275 e. The molecular weight excluding hydrogens is 256 g/mol. The largest absolute Gasteiger partial charge is 0.504 e. The van der Waals surface area contributed by atoms with E-state index in [0.717, 1.165) is 31.4 Å². The van der Waals surface area contributed by atoms with Gasteiger partial charge in [-0.15, -0.1) is 0 Å². The quantitative estimate of drug-likeness (QED) is 0.658. The van der Waals surface area contributed by atoms with Crippen molar-refractivity contribution in [2.24, 2.45) is 5.10 Å². The monoisotopic (exact) mass is 276 g/mol. The number of carbonyl (C=O) groups is 1. The van der Waals surface area contributed by atoms with E-state index in [1.54, 1.807) is 18.2 Å². The number of aromatic hydroxyl groups is 1. The summed E-state index contributed by atoms with van der Waals surface area (Å²) in [7, 11) is 1.45. The molecule has 0 heterocycles. The van der Waals surface area contributed by atoms with Crippen LogP contribution in [0, 0.1) is 0 Å². The van der Waals surface area contributed by atoms with Gasteiger partial charge in [-0.05, 0) is 37.8 Å². The molecule has 1 aromatic carbocycles. The Morgan fingerprint density at radius 2 is 1.95 bits per heavy atom. The zero-order valence-corrected chi connectivity index (χ0v) is 11.7. The lowest BCUT2D eigenvalue weighted by atomic mass is 10.1. The fourth-order valence-electron chi connectivity index (χ4n) is 2.31. The number of benzene rings is 1. The third-order valence-electron chi connectivity index (χ3n) is 3.46. The summed E-state index contributed by atoms with van der Waals surface area (Å²) >= 11 is 0. The lowest BCUT2D eigenvalue weighted by Crippen LogP contribution is -2.19. The highest BCUT2D eigenvalue weighted by molar-refractivity contribution is 5.98. The number of phenolic OH excluding ortho intramolecular Hbond substituents is 1. The van der Waals surface area contributed by atoms with Gasteiger partial charge in [-0.1, -0.05) is 18.9 Å². The van der Waals surface area contributed by atoms with Crippen LogP contribution in [0.15, 0.2) is 23.3 Å². The summed E-state index contributed by atoms with van der Waals surface area (Å²) in [6, 6.07) is 4.80. The Labute approximate surface area is 118 Å². The SMILES string of the molecule is COc1cccc(C(=O)NN=C2CCCCCC2)c1O. The van der Waals surface area contributed by atoms with Gasteiger partial charge in [-0.3, -0.25) is 4.79 Å². The normalized spacial score (nSPS) is 15.3. The number of amides is 1. The first-order valence-electron chi connectivity index (χ1n) is 6.94.